The van der Waals surface area contributed by atoms with E-state index in [0.717, 1.165) is 12.1 Å². The van der Waals surface area contributed by atoms with Crippen LogP contribution in [0.25, 0.3) is 0 Å². The minimum Gasteiger partial charge on any atom is -0.325 e. The number of anilines is 1. The lowest BCUT2D eigenvalue weighted by molar-refractivity contribution is -0.137. The molecule has 102 valence electrons. The van der Waals surface area contributed by atoms with Crippen molar-refractivity contribution in [2.75, 3.05) is 11.2 Å². The lowest BCUT2D eigenvalue weighted by atomic mass is 10.2. The number of rotatable bonds is 2. The standard InChI is InChI=1S/C9H6Cl2F3NO.C2H6/c10-4-8(16)15-5-1-2-7(11)6(3-5)9(12,13)14;1-2/h1-3H,4H2,(H,15,16);1-2H3. The Bertz CT molecular complexity index is 408. The summed E-state index contributed by atoms with van der Waals surface area (Å²) in [5, 5.41) is 1.78. The zero-order chi connectivity index (χ0) is 14.3. The van der Waals surface area contributed by atoms with Gasteiger partial charge in [-0.15, -0.1) is 11.6 Å². The molecule has 0 unspecified atom stereocenters. The van der Waals surface area contributed by atoms with Gasteiger partial charge >= 0.3 is 6.18 Å². The second kappa shape index (κ2) is 7.48. The van der Waals surface area contributed by atoms with Crippen molar-refractivity contribution in [3.63, 3.8) is 0 Å². The summed E-state index contributed by atoms with van der Waals surface area (Å²) in [7, 11) is 0. The van der Waals surface area contributed by atoms with E-state index in [2.05, 4.69) is 5.32 Å². The predicted molar refractivity (Wildman–Crippen MR) is 67.2 cm³/mol. The topological polar surface area (TPSA) is 29.1 Å². The number of nitrogens with one attached hydrogen (secondary N) is 1. The summed E-state index contributed by atoms with van der Waals surface area (Å²) in [5.74, 6) is -0.915. The van der Waals surface area contributed by atoms with Crippen LogP contribution >= 0.6 is 23.2 Å². The number of alkyl halides is 4. The molecule has 1 rings (SSSR count). The fourth-order valence-electron chi connectivity index (χ4n) is 1.01. The number of hydrogen-bond donors (Lipinski definition) is 1. The van der Waals surface area contributed by atoms with Crippen LogP contribution in [0.15, 0.2) is 18.2 Å². The van der Waals surface area contributed by atoms with Gasteiger partial charge in [-0.05, 0) is 18.2 Å². The molecular weight excluding hydrogens is 290 g/mol. The molecule has 0 saturated carbocycles. The van der Waals surface area contributed by atoms with Crippen molar-refractivity contribution >= 4 is 34.8 Å². The average Bonchev–Trinajstić information content (AvgIpc) is 2.32. The molecule has 0 aliphatic rings. The van der Waals surface area contributed by atoms with Gasteiger partial charge < -0.3 is 5.32 Å². The summed E-state index contributed by atoms with van der Waals surface area (Å²) < 4.78 is 37.3. The van der Waals surface area contributed by atoms with Gasteiger partial charge in [0, 0.05) is 5.69 Å². The van der Waals surface area contributed by atoms with Crippen LogP contribution in [0.2, 0.25) is 5.02 Å². The Labute approximate surface area is 113 Å². The van der Waals surface area contributed by atoms with Gasteiger partial charge in [-0.2, -0.15) is 13.2 Å². The summed E-state index contributed by atoms with van der Waals surface area (Å²) in [6.45, 7) is 4.00. The van der Waals surface area contributed by atoms with E-state index in [1.165, 1.54) is 6.07 Å². The Kier molecular flexibility index (Phi) is 7.09. The third-order valence-corrected chi connectivity index (χ3v) is 2.25. The van der Waals surface area contributed by atoms with Crippen LogP contribution in [0.1, 0.15) is 19.4 Å². The van der Waals surface area contributed by atoms with Crippen molar-refractivity contribution in [1.82, 2.24) is 0 Å². The molecule has 0 aliphatic carbocycles. The number of carbonyl (C=O) groups is 1. The third-order valence-electron chi connectivity index (χ3n) is 1.68. The molecule has 1 N–H and O–H groups in total. The highest BCUT2D eigenvalue weighted by molar-refractivity contribution is 6.31. The van der Waals surface area contributed by atoms with E-state index in [9.17, 15) is 18.0 Å². The van der Waals surface area contributed by atoms with Crippen molar-refractivity contribution in [3.05, 3.63) is 28.8 Å². The van der Waals surface area contributed by atoms with Gasteiger partial charge in [0.25, 0.3) is 0 Å². The first-order valence-corrected chi connectivity index (χ1v) is 5.98. The third kappa shape index (κ3) is 5.14. The molecule has 0 atom stereocenters. The van der Waals surface area contributed by atoms with E-state index in [1.807, 2.05) is 13.8 Å². The average molecular weight is 302 g/mol. The van der Waals surface area contributed by atoms with Gasteiger partial charge in [0.2, 0.25) is 5.91 Å². The summed E-state index contributed by atoms with van der Waals surface area (Å²) >= 11 is 10.6. The normalized spacial score (nSPS) is 10.4. The quantitative estimate of drug-likeness (QED) is 0.797. The van der Waals surface area contributed by atoms with Crippen LogP contribution in [-0.2, 0) is 11.0 Å². The highest BCUT2D eigenvalue weighted by Crippen LogP contribution is 2.36. The number of halogens is 5. The molecule has 0 radical (unpaired) electrons. The van der Waals surface area contributed by atoms with Gasteiger partial charge in [-0.3, -0.25) is 4.79 Å². The molecule has 0 fully saturated rings. The summed E-state index contributed by atoms with van der Waals surface area (Å²) in [5.41, 5.74) is -0.996. The Hall–Kier alpha value is -0.940. The molecule has 18 heavy (non-hydrogen) atoms. The monoisotopic (exact) mass is 301 g/mol. The summed E-state index contributed by atoms with van der Waals surface area (Å²) in [6, 6.07) is 3.09. The van der Waals surface area contributed by atoms with Crippen molar-refractivity contribution in [3.8, 4) is 0 Å². The van der Waals surface area contributed by atoms with Crippen LogP contribution in [0.5, 0.6) is 0 Å². The van der Waals surface area contributed by atoms with Crippen LogP contribution in [-0.4, -0.2) is 11.8 Å². The van der Waals surface area contributed by atoms with E-state index in [1.54, 1.807) is 0 Å². The van der Waals surface area contributed by atoms with E-state index in [-0.39, 0.29) is 11.6 Å². The van der Waals surface area contributed by atoms with Crippen LogP contribution < -0.4 is 5.32 Å². The van der Waals surface area contributed by atoms with Crippen LogP contribution in [0.4, 0.5) is 18.9 Å². The molecular formula is C11H12Cl2F3NO. The highest BCUT2D eigenvalue weighted by atomic mass is 35.5. The molecule has 1 aromatic rings. The van der Waals surface area contributed by atoms with Crippen molar-refractivity contribution < 1.29 is 18.0 Å². The van der Waals surface area contributed by atoms with E-state index in [4.69, 9.17) is 23.2 Å². The minimum atomic E-state index is -4.56. The Morgan fingerprint density at radius 3 is 2.33 bits per heavy atom. The SMILES string of the molecule is CC.O=C(CCl)Nc1ccc(Cl)c(C(F)(F)F)c1. The molecule has 1 amide bonds. The molecule has 2 nitrogen and oxygen atoms in total. The van der Waals surface area contributed by atoms with Gasteiger partial charge in [0.1, 0.15) is 5.88 Å². The highest BCUT2D eigenvalue weighted by Gasteiger charge is 2.33. The van der Waals surface area contributed by atoms with E-state index >= 15 is 0 Å². The number of hydrogen-bond acceptors (Lipinski definition) is 1. The maximum Gasteiger partial charge on any atom is 0.417 e. The largest absolute Gasteiger partial charge is 0.417 e. The first kappa shape index (κ1) is 17.1. The van der Waals surface area contributed by atoms with Gasteiger partial charge in [0.05, 0.1) is 10.6 Å². The molecule has 1 aromatic carbocycles. The van der Waals surface area contributed by atoms with Crippen molar-refractivity contribution in [1.29, 1.82) is 0 Å². The maximum absolute atomic E-state index is 12.4. The lowest BCUT2D eigenvalue weighted by Crippen LogP contribution is -2.14. The van der Waals surface area contributed by atoms with Gasteiger partial charge in [0.15, 0.2) is 0 Å². The molecule has 0 spiro atoms. The molecule has 0 aliphatic heterocycles. The van der Waals surface area contributed by atoms with E-state index < -0.39 is 22.7 Å². The van der Waals surface area contributed by atoms with Crippen LogP contribution in [0.3, 0.4) is 0 Å². The smallest absolute Gasteiger partial charge is 0.325 e. The maximum atomic E-state index is 12.4. The van der Waals surface area contributed by atoms with Crippen molar-refractivity contribution in [2.45, 2.75) is 20.0 Å². The fourth-order valence-corrected chi connectivity index (χ4v) is 1.31. The summed E-state index contributed by atoms with van der Waals surface area (Å²) in [6.07, 6.45) is -4.56. The Morgan fingerprint density at radius 1 is 1.33 bits per heavy atom. The minimum absolute atomic E-state index is 0.00220. The lowest BCUT2D eigenvalue weighted by Gasteiger charge is -2.11. The van der Waals surface area contributed by atoms with Crippen LogP contribution in [0, 0.1) is 0 Å². The number of amides is 1. The first-order chi connectivity index (χ1) is 8.34. The van der Waals surface area contributed by atoms with E-state index in [0.29, 0.717) is 0 Å². The Morgan fingerprint density at radius 2 is 1.89 bits per heavy atom. The van der Waals surface area contributed by atoms with Gasteiger partial charge in [-0.25, -0.2) is 0 Å². The molecule has 7 heteroatoms. The zero-order valence-electron chi connectivity index (χ0n) is 9.74. The van der Waals surface area contributed by atoms with Gasteiger partial charge in [-0.1, -0.05) is 25.4 Å². The fraction of sp³-hybridized carbons (Fsp3) is 0.364. The second-order valence-electron chi connectivity index (χ2n) is 2.87. The zero-order valence-corrected chi connectivity index (χ0v) is 11.2. The molecule has 0 bridgehead atoms. The predicted octanol–water partition coefficient (Wildman–Crippen LogP) is 4.56. The number of carbonyl (C=O) groups excluding carboxylic acids is 1. The van der Waals surface area contributed by atoms with Crippen molar-refractivity contribution in [2.24, 2.45) is 0 Å². The Balaban J connectivity index is 0.00000137. The first-order valence-electron chi connectivity index (χ1n) is 5.07. The molecule has 0 aromatic heterocycles. The molecule has 0 saturated heterocycles. The second-order valence-corrected chi connectivity index (χ2v) is 3.55. The molecule has 0 heterocycles. The summed E-state index contributed by atoms with van der Waals surface area (Å²) in [4.78, 5) is 10.9. The number of benzene rings is 1.